The summed E-state index contributed by atoms with van der Waals surface area (Å²) < 4.78 is 6.90. The van der Waals surface area contributed by atoms with Crippen molar-refractivity contribution < 1.29 is 9.21 Å². The zero-order valence-electron chi connectivity index (χ0n) is 13.7. The molecule has 0 fully saturated rings. The van der Waals surface area contributed by atoms with Gasteiger partial charge in [0.25, 0.3) is 0 Å². The Hall–Kier alpha value is -2.86. The Kier molecular flexibility index (Phi) is 4.11. The van der Waals surface area contributed by atoms with E-state index in [0.29, 0.717) is 6.54 Å². The molecule has 5 nitrogen and oxygen atoms in total. The lowest BCUT2D eigenvalue weighted by Crippen LogP contribution is -2.36. The maximum Gasteiger partial charge on any atom is 0.315 e. The molecule has 1 unspecified atom stereocenters. The van der Waals surface area contributed by atoms with E-state index in [0.717, 1.165) is 32.0 Å². The summed E-state index contributed by atoms with van der Waals surface area (Å²) >= 11 is 1.59. The van der Waals surface area contributed by atoms with Crippen LogP contribution in [0.25, 0.3) is 21.2 Å². The number of carbonyl (C=O) groups excluding carboxylic acids is 1. The Morgan fingerprint density at radius 2 is 2.00 bits per heavy atom. The maximum absolute atomic E-state index is 12.1. The SMILES string of the molecule is CC(NC(=O)NCc1nc2ccccc2s1)c1cc2ccccc2o1. The Morgan fingerprint density at radius 3 is 2.84 bits per heavy atom. The minimum absolute atomic E-state index is 0.220. The Bertz CT molecular complexity index is 971. The smallest absolute Gasteiger partial charge is 0.315 e. The number of benzene rings is 2. The quantitative estimate of drug-likeness (QED) is 0.564. The van der Waals surface area contributed by atoms with E-state index in [-0.39, 0.29) is 12.1 Å². The van der Waals surface area contributed by atoms with E-state index in [1.165, 1.54) is 0 Å². The molecule has 2 N–H and O–H groups in total. The molecular weight excluding hydrogens is 334 g/mol. The summed E-state index contributed by atoms with van der Waals surface area (Å²) in [6.07, 6.45) is 0. The van der Waals surface area contributed by atoms with Gasteiger partial charge in [0.15, 0.2) is 0 Å². The molecule has 2 aromatic carbocycles. The summed E-state index contributed by atoms with van der Waals surface area (Å²) in [4.78, 5) is 16.7. The van der Waals surface area contributed by atoms with Gasteiger partial charge in [0.1, 0.15) is 16.4 Å². The first-order valence-electron chi connectivity index (χ1n) is 8.06. The minimum atomic E-state index is -0.243. The van der Waals surface area contributed by atoms with Gasteiger partial charge in [-0.3, -0.25) is 0 Å². The second-order valence-corrected chi connectivity index (χ2v) is 6.93. The molecule has 1 atom stereocenters. The van der Waals surface area contributed by atoms with Crippen LogP contribution in [0.3, 0.4) is 0 Å². The predicted octanol–water partition coefficient (Wildman–Crippen LogP) is 4.60. The van der Waals surface area contributed by atoms with E-state index in [1.807, 2.05) is 61.5 Å². The molecule has 0 aliphatic carbocycles. The Balaban J connectivity index is 1.37. The molecule has 0 saturated carbocycles. The molecule has 126 valence electrons. The number of furan rings is 1. The van der Waals surface area contributed by atoms with E-state index in [9.17, 15) is 4.79 Å². The summed E-state index contributed by atoms with van der Waals surface area (Å²) in [7, 11) is 0. The van der Waals surface area contributed by atoms with Crippen LogP contribution in [0, 0.1) is 0 Å². The summed E-state index contributed by atoms with van der Waals surface area (Å²) in [5.41, 5.74) is 1.78. The first-order chi connectivity index (χ1) is 12.2. The van der Waals surface area contributed by atoms with E-state index in [2.05, 4.69) is 15.6 Å². The van der Waals surface area contributed by atoms with Gasteiger partial charge < -0.3 is 15.1 Å². The van der Waals surface area contributed by atoms with Crippen molar-refractivity contribution in [1.82, 2.24) is 15.6 Å². The standard InChI is InChI=1S/C19H17N3O2S/c1-12(16-10-13-6-2-4-8-15(13)24-16)21-19(23)20-11-18-22-14-7-3-5-9-17(14)25-18/h2-10,12H,11H2,1H3,(H2,20,21,23). The van der Waals surface area contributed by atoms with Crippen molar-refractivity contribution in [2.24, 2.45) is 0 Å². The summed E-state index contributed by atoms with van der Waals surface area (Å²) in [6, 6.07) is 17.2. The van der Waals surface area contributed by atoms with Gasteiger partial charge in [-0.2, -0.15) is 0 Å². The largest absolute Gasteiger partial charge is 0.459 e. The van der Waals surface area contributed by atoms with Gasteiger partial charge in [-0.1, -0.05) is 30.3 Å². The number of nitrogens with zero attached hydrogens (tertiary/aromatic N) is 1. The number of para-hydroxylation sites is 2. The molecule has 2 amide bonds. The highest BCUT2D eigenvalue weighted by molar-refractivity contribution is 7.18. The van der Waals surface area contributed by atoms with Crippen LogP contribution >= 0.6 is 11.3 Å². The van der Waals surface area contributed by atoms with Crippen molar-refractivity contribution in [3.63, 3.8) is 0 Å². The molecule has 0 radical (unpaired) electrons. The topological polar surface area (TPSA) is 67.2 Å². The molecular formula is C19H17N3O2S. The van der Waals surface area contributed by atoms with Gasteiger partial charge in [-0.05, 0) is 31.2 Å². The van der Waals surface area contributed by atoms with Gasteiger partial charge in [-0.25, -0.2) is 9.78 Å². The highest BCUT2D eigenvalue weighted by atomic mass is 32.1. The van der Waals surface area contributed by atoms with Crippen LogP contribution in [0.2, 0.25) is 0 Å². The number of fused-ring (bicyclic) bond motifs is 2. The second kappa shape index (κ2) is 6.57. The Morgan fingerprint density at radius 1 is 1.20 bits per heavy atom. The number of urea groups is 1. The molecule has 2 heterocycles. The van der Waals surface area contributed by atoms with E-state index < -0.39 is 0 Å². The molecule has 0 aliphatic rings. The molecule has 4 rings (SSSR count). The molecule has 0 saturated heterocycles. The first kappa shape index (κ1) is 15.7. The normalized spacial score (nSPS) is 12.4. The lowest BCUT2D eigenvalue weighted by atomic mass is 10.2. The van der Waals surface area contributed by atoms with Crippen molar-refractivity contribution in [3.8, 4) is 0 Å². The number of thiazole rings is 1. The van der Waals surface area contributed by atoms with Crippen LogP contribution < -0.4 is 10.6 Å². The predicted molar refractivity (Wildman–Crippen MR) is 99.6 cm³/mol. The molecule has 25 heavy (non-hydrogen) atoms. The lowest BCUT2D eigenvalue weighted by molar-refractivity contribution is 0.236. The van der Waals surface area contributed by atoms with Crippen molar-refractivity contribution in [3.05, 3.63) is 65.4 Å². The first-order valence-corrected chi connectivity index (χ1v) is 8.88. The van der Waals surface area contributed by atoms with Gasteiger partial charge in [0.2, 0.25) is 0 Å². The van der Waals surface area contributed by atoms with Gasteiger partial charge in [0, 0.05) is 5.39 Å². The molecule has 0 aliphatic heterocycles. The zero-order valence-corrected chi connectivity index (χ0v) is 14.5. The van der Waals surface area contributed by atoms with Gasteiger partial charge in [-0.15, -0.1) is 11.3 Å². The van der Waals surface area contributed by atoms with Crippen LogP contribution in [0.5, 0.6) is 0 Å². The average Bonchev–Trinajstić information content (AvgIpc) is 3.23. The molecule has 0 bridgehead atoms. The lowest BCUT2D eigenvalue weighted by Gasteiger charge is -2.11. The zero-order chi connectivity index (χ0) is 17.2. The number of carbonyl (C=O) groups is 1. The number of amides is 2. The fourth-order valence-electron chi connectivity index (χ4n) is 2.69. The van der Waals surface area contributed by atoms with Crippen LogP contribution in [-0.2, 0) is 6.54 Å². The van der Waals surface area contributed by atoms with Crippen LogP contribution in [0.15, 0.2) is 59.0 Å². The fraction of sp³-hybridized carbons (Fsp3) is 0.158. The van der Waals surface area contributed by atoms with Crippen molar-refractivity contribution in [2.75, 3.05) is 0 Å². The minimum Gasteiger partial charge on any atom is -0.459 e. The number of nitrogens with one attached hydrogen (secondary N) is 2. The van der Waals surface area contributed by atoms with Gasteiger partial charge >= 0.3 is 6.03 Å². The fourth-order valence-corrected chi connectivity index (χ4v) is 3.59. The van der Waals surface area contributed by atoms with E-state index in [4.69, 9.17) is 4.42 Å². The molecule has 2 aromatic heterocycles. The highest BCUT2D eigenvalue weighted by Crippen LogP contribution is 2.24. The molecule has 6 heteroatoms. The number of rotatable bonds is 4. The third-order valence-corrected chi connectivity index (χ3v) is 4.99. The maximum atomic E-state index is 12.1. The number of hydrogen-bond acceptors (Lipinski definition) is 4. The van der Waals surface area contributed by atoms with Crippen LogP contribution in [0.1, 0.15) is 23.7 Å². The number of aromatic nitrogens is 1. The Labute approximate surface area is 148 Å². The summed E-state index contributed by atoms with van der Waals surface area (Å²) in [6.45, 7) is 2.30. The van der Waals surface area contributed by atoms with Crippen LogP contribution in [0.4, 0.5) is 4.79 Å². The summed E-state index contributed by atoms with van der Waals surface area (Å²) in [5.74, 6) is 0.733. The van der Waals surface area contributed by atoms with Crippen molar-refractivity contribution in [1.29, 1.82) is 0 Å². The van der Waals surface area contributed by atoms with E-state index >= 15 is 0 Å². The summed E-state index contributed by atoms with van der Waals surface area (Å²) in [5, 5.41) is 7.66. The average molecular weight is 351 g/mol. The third kappa shape index (κ3) is 3.34. The number of hydrogen-bond donors (Lipinski definition) is 2. The van der Waals surface area contributed by atoms with Gasteiger partial charge in [0.05, 0.1) is 22.8 Å². The molecule has 0 spiro atoms. The second-order valence-electron chi connectivity index (χ2n) is 5.81. The third-order valence-electron chi connectivity index (χ3n) is 3.96. The van der Waals surface area contributed by atoms with Crippen molar-refractivity contribution in [2.45, 2.75) is 19.5 Å². The van der Waals surface area contributed by atoms with Crippen molar-refractivity contribution >= 4 is 38.6 Å². The van der Waals surface area contributed by atoms with E-state index in [1.54, 1.807) is 11.3 Å². The highest BCUT2D eigenvalue weighted by Gasteiger charge is 2.14. The monoisotopic (exact) mass is 351 g/mol. The van der Waals surface area contributed by atoms with Crippen LogP contribution in [-0.4, -0.2) is 11.0 Å². The molecule has 4 aromatic rings.